The molecule has 0 saturated carbocycles. The van der Waals surface area contributed by atoms with Crippen LogP contribution >= 0.6 is 0 Å². The Balaban J connectivity index is 0.827. The number of rotatable bonds is 8. The molecule has 4 aromatic carbocycles. The lowest BCUT2D eigenvalue weighted by Crippen LogP contribution is -2.29. The molecule has 2 spiro atoms. The van der Waals surface area contributed by atoms with Crippen molar-refractivity contribution in [2.45, 2.75) is 88.3 Å². The Labute approximate surface area is 339 Å². The van der Waals surface area contributed by atoms with Gasteiger partial charge in [-0.25, -0.2) is 0 Å². The lowest BCUT2D eigenvalue weighted by atomic mass is 9.80. The summed E-state index contributed by atoms with van der Waals surface area (Å²) in [7, 11) is 0. The van der Waals surface area contributed by atoms with E-state index in [1.807, 2.05) is 0 Å². The second kappa shape index (κ2) is 13.8. The second-order valence-electron chi connectivity index (χ2n) is 17.8. The fraction of sp³-hybridized carbons (Fsp3) is 0.367. The lowest BCUT2D eigenvalue weighted by Gasteiger charge is -2.25. The molecule has 4 atom stereocenters. The van der Waals surface area contributed by atoms with Crippen LogP contribution in [0.2, 0.25) is 0 Å². The second-order valence-corrected chi connectivity index (χ2v) is 17.8. The van der Waals surface area contributed by atoms with Crippen LogP contribution in [-0.2, 0) is 10.8 Å². The molecule has 4 heterocycles. The Morgan fingerprint density at radius 3 is 1.52 bits per heavy atom. The third-order valence-electron chi connectivity index (χ3n) is 13.6. The van der Waals surface area contributed by atoms with Gasteiger partial charge in [0, 0.05) is 37.0 Å². The van der Waals surface area contributed by atoms with E-state index in [1.165, 1.54) is 45.9 Å². The van der Waals surface area contributed by atoms with Crippen LogP contribution in [0.5, 0.6) is 0 Å². The maximum Gasteiger partial charge on any atom is 0.297 e. The van der Waals surface area contributed by atoms with Crippen molar-refractivity contribution in [2.24, 2.45) is 0 Å². The summed E-state index contributed by atoms with van der Waals surface area (Å²) < 4.78 is 11.9. The van der Waals surface area contributed by atoms with Crippen molar-refractivity contribution in [1.82, 2.24) is 9.97 Å². The Kier molecular flexibility index (Phi) is 8.76. The predicted octanol–water partition coefficient (Wildman–Crippen LogP) is 9.64. The third-order valence-corrected chi connectivity index (χ3v) is 13.6. The summed E-state index contributed by atoms with van der Waals surface area (Å²) in [6, 6.07) is 30.9. The number of hydrogen-bond acceptors (Lipinski definition) is 9. The molecule has 2 aromatic heterocycles. The minimum absolute atomic E-state index is 0.177. The van der Waals surface area contributed by atoms with Gasteiger partial charge in [-0.3, -0.25) is 4.79 Å². The molecule has 4 aliphatic rings. The monoisotopic (exact) mass is 774 g/mol. The molecule has 2 aliphatic heterocycles. The van der Waals surface area contributed by atoms with Gasteiger partial charge in [0.15, 0.2) is 11.4 Å². The quantitative estimate of drug-likeness (QED) is 0.146. The van der Waals surface area contributed by atoms with Gasteiger partial charge in [-0.15, -0.1) is 0 Å². The number of ketones is 1. The summed E-state index contributed by atoms with van der Waals surface area (Å²) in [6.45, 7) is 11.5. The summed E-state index contributed by atoms with van der Waals surface area (Å²) in [4.78, 5) is 27.1. The van der Waals surface area contributed by atoms with Gasteiger partial charge in [0.25, 0.3) is 12.0 Å². The molecule has 58 heavy (non-hydrogen) atoms. The van der Waals surface area contributed by atoms with Crippen LogP contribution in [0.25, 0.3) is 22.3 Å². The number of hydrogen-bond donors (Lipinski definition) is 2. The van der Waals surface area contributed by atoms with E-state index >= 15 is 0 Å². The average Bonchev–Trinajstić information content (AvgIpc) is 4.10. The highest BCUT2D eigenvalue weighted by atomic mass is 16.4. The first kappa shape index (κ1) is 36.8. The first-order valence-electron chi connectivity index (χ1n) is 20.8. The van der Waals surface area contributed by atoms with Gasteiger partial charge >= 0.3 is 0 Å². The van der Waals surface area contributed by atoms with Gasteiger partial charge in [0.05, 0.1) is 12.2 Å². The van der Waals surface area contributed by atoms with Crippen LogP contribution in [0, 0.1) is 0 Å². The third kappa shape index (κ3) is 5.92. The van der Waals surface area contributed by atoms with Gasteiger partial charge < -0.3 is 28.8 Å². The smallest absolute Gasteiger partial charge is 0.297 e. The molecule has 2 aliphatic carbocycles. The fourth-order valence-electron chi connectivity index (χ4n) is 10.7. The molecular formula is C49H50N4O5. The number of oxazole rings is 2. The van der Waals surface area contributed by atoms with Gasteiger partial charge in [0.2, 0.25) is 5.78 Å². The molecule has 0 amide bonds. The summed E-state index contributed by atoms with van der Waals surface area (Å²) in [5, 5.41) is 22.7. The van der Waals surface area contributed by atoms with Crippen molar-refractivity contribution in [3.05, 3.63) is 142 Å². The molecular weight excluding hydrogens is 725 g/mol. The minimum Gasteiger partial charge on any atom is -0.431 e. The highest BCUT2D eigenvalue weighted by molar-refractivity contribution is 6.06. The zero-order chi connectivity index (χ0) is 39.9. The number of aliphatic hydroxyl groups excluding tert-OH is 2. The molecule has 9 nitrogen and oxygen atoms in total. The highest BCUT2D eigenvalue weighted by Gasteiger charge is 2.50. The number of carbonyl (C=O) groups is 1. The van der Waals surface area contributed by atoms with Crippen molar-refractivity contribution >= 4 is 17.8 Å². The van der Waals surface area contributed by atoms with E-state index in [9.17, 15) is 15.0 Å². The molecule has 0 bridgehead atoms. The standard InChI is InChI=1S/C49H50N4O5/c1-29(2)33-9-5-7-11-35(33)31-13-15-39-37(21-31)43(54)23-48(39)17-19-52(27-48)46-50-41(25-57-46)45(56)42-26-58-47(51-42)53-20-18-49(28-53)24-44(55)38-22-32(14-16-40(38)49)36-12-8-6-10-34(36)30(3)4/h5-16,21-22,25-26,29-30,43-44,54-55H,17-20,23-24,27-28H2,1-4H3. The van der Waals surface area contributed by atoms with Gasteiger partial charge in [-0.05, 0) is 105 Å². The SMILES string of the molecule is CC(C)c1ccccc1-c1ccc2c(c1)C(O)CC21CCN(c2nc(C(=O)c3coc(N4CCC5(CC(O)c6cc(-c7ccccc7C(C)C)ccc65)C4)n3)co2)C1. The molecule has 296 valence electrons. The van der Waals surface area contributed by atoms with E-state index in [4.69, 9.17) is 8.83 Å². The molecule has 2 saturated heterocycles. The summed E-state index contributed by atoms with van der Waals surface area (Å²) in [5.41, 5.74) is 11.5. The number of fused-ring (bicyclic) bond motifs is 4. The van der Waals surface area contributed by atoms with Crippen LogP contribution in [-0.4, -0.2) is 52.1 Å². The van der Waals surface area contributed by atoms with Crippen molar-refractivity contribution in [1.29, 1.82) is 0 Å². The largest absolute Gasteiger partial charge is 0.431 e. The molecule has 0 radical (unpaired) electrons. The topological polar surface area (TPSA) is 116 Å². The summed E-state index contributed by atoms with van der Waals surface area (Å²) in [6.07, 6.45) is 4.69. The van der Waals surface area contributed by atoms with Crippen molar-refractivity contribution < 1.29 is 23.8 Å². The molecule has 2 N–H and O–H groups in total. The number of carbonyl (C=O) groups excluding carboxylic acids is 1. The molecule has 6 aromatic rings. The highest BCUT2D eigenvalue weighted by Crippen LogP contribution is 2.53. The van der Waals surface area contributed by atoms with Crippen molar-refractivity contribution in [3.63, 3.8) is 0 Å². The zero-order valence-electron chi connectivity index (χ0n) is 33.6. The minimum atomic E-state index is -0.547. The Morgan fingerprint density at radius 2 is 1.09 bits per heavy atom. The number of benzene rings is 4. The van der Waals surface area contributed by atoms with Crippen molar-refractivity contribution in [2.75, 3.05) is 36.0 Å². The van der Waals surface area contributed by atoms with Crippen LogP contribution < -0.4 is 9.80 Å². The lowest BCUT2D eigenvalue weighted by molar-refractivity contribution is 0.102. The number of nitrogens with zero attached hydrogens (tertiary/aromatic N) is 4. The first-order chi connectivity index (χ1) is 28.0. The Morgan fingerprint density at radius 1 is 0.655 bits per heavy atom. The number of aliphatic hydroxyl groups is 2. The maximum absolute atomic E-state index is 13.7. The van der Waals surface area contributed by atoms with Crippen molar-refractivity contribution in [3.8, 4) is 22.3 Å². The van der Waals surface area contributed by atoms with Crippen LogP contribution in [0.1, 0.15) is 127 Å². The maximum atomic E-state index is 13.7. The number of aromatic nitrogens is 2. The van der Waals surface area contributed by atoms with Crippen LogP contribution in [0.3, 0.4) is 0 Å². The van der Waals surface area contributed by atoms with Crippen LogP contribution in [0.4, 0.5) is 12.0 Å². The summed E-state index contributed by atoms with van der Waals surface area (Å²) >= 11 is 0. The Bertz CT molecular complexity index is 2380. The van der Waals surface area contributed by atoms with E-state index in [1.54, 1.807) is 0 Å². The zero-order valence-corrected chi connectivity index (χ0v) is 33.6. The first-order valence-corrected chi connectivity index (χ1v) is 20.8. The summed E-state index contributed by atoms with van der Waals surface area (Å²) in [5.74, 6) is 0.426. The molecule has 9 heteroatoms. The van der Waals surface area contributed by atoms with Gasteiger partial charge in [-0.2, -0.15) is 9.97 Å². The number of anilines is 2. The predicted molar refractivity (Wildman–Crippen MR) is 225 cm³/mol. The average molecular weight is 775 g/mol. The fourth-order valence-corrected chi connectivity index (χ4v) is 10.7. The van der Waals surface area contributed by atoms with E-state index < -0.39 is 12.2 Å². The van der Waals surface area contributed by atoms with E-state index in [-0.39, 0.29) is 28.0 Å². The van der Waals surface area contributed by atoms with E-state index in [2.05, 4.69) is 132 Å². The van der Waals surface area contributed by atoms with E-state index in [0.29, 0.717) is 62.9 Å². The molecule has 4 unspecified atom stereocenters. The van der Waals surface area contributed by atoms with Crippen LogP contribution in [0.15, 0.2) is 106 Å². The molecule has 2 fully saturated rings. The molecule has 10 rings (SSSR count). The normalized spacial score (nSPS) is 23.6. The van der Waals surface area contributed by atoms with E-state index in [0.717, 1.165) is 35.1 Å². The van der Waals surface area contributed by atoms with Gasteiger partial charge in [0.1, 0.15) is 12.5 Å². The Hall–Kier alpha value is -5.51. The van der Waals surface area contributed by atoms with Gasteiger partial charge in [-0.1, -0.05) is 100 Å².